The quantitative estimate of drug-likeness (QED) is 0.567. The number of nitrogens with zero attached hydrogens (tertiary/aromatic N) is 4. The first-order valence-electron chi connectivity index (χ1n) is 9.71. The van der Waals surface area contributed by atoms with E-state index in [4.69, 9.17) is 9.40 Å². The summed E-state index contributed by atoms with van der Waals surface area (Å²) in [6.45, 7) is 2.89. The second-order valence-electron chi connectivity index (χ2n) is 7.60. The molecular formula is C21H21N5O3. The third kappa shape index (κ3) is 2.83. The number of carbonyl (C=O) groups is 1. The molecule has 1 aromatic carbocycles. The fourth-order valence-electron chi connectivity index (χ4n) is 4.15. The van der Waals surface area contributed by atoms with Gasteiger partial charge in [0.25, 0.3) is 11.5 Å². The van der Waals surface area contributed by atoms with E-state index in [0.29, 0.717) is 24.4 Å². The number of amides is 1. The molecule has 5 rings (SSSR count). The number of furan rings is 1. The summed E-state index contributed by atoms with van der Waals surface area (Å²) in [5.41, 5.74) is 2.18. The zero-order valence-corrected chi connectivity index (χ0v) is 16.3. The lowest BCUT2D eigenvalue weighted by molar-refractivity contribution is 0.0705. The van der Waals surface area contributed by atoms with Crippen molar-refractivity contribution in [3.05, 3.63) is 58.1 Å². The van der Waals surface area contributed by atoms with E-state index >= 15 is 0 Å². The summed E-state index contributed by atoms with van der Waals surface area (Å²) < 4.78 is 6.97. The lowest BCUT2D eigenvalue weighted by Crippen LogP contribution is -2.40. The predicted molar refractivity (Wildman–Crippen MR) is 108 cm³/mol. The second-order valence-corrected chi connectivity index (χ2v) is 7.60. The highest BCUT2D eigenvalue weighted by Crippen LogP contribution is 2.29. The largest absolute Gasteiger partial charge is 0.442 e. The molecule has 1 aliphatic rings. The summed E-state index contributed by atoms with van der Waals surface area (Å²) in [7, 11) is 1.61. The van der Waals surface area contributed by atoms with Crippen LogP contribution in [0.25, 0.3) is 22.1 Å². The van der Waals surface area contributed by atoms with E-state index in [2.05, 4.69) is 9.97 Å². The first-order valence-corrected chi connectivity index (χ1v) is 9.71. The number of imidazole rings is 1. The number of aryl methyl sites for hydroxylation is 2. The monoisotopic (exact) mass is 391 g/mol. The minimum atomic E-state index is -0.277. The van der Waals surface area contributed by atoms with Crippen LogP contribution in [0, 0.1) is 6.92 Å². The average molecular weight is 391 g/mol. The van der Waals surface area contributed by atoms with E-state index < -0.39 is 0 Å². The molecule has 1 aliphatic heterocycles. The van der Waals surface area contributed by atoms with Gasteiger partial charge in [-0.05, 0) is 31.9 Å². The van der Waals surface area contributed by atoms with Gasteiger partial charge in [-0.1, -0.05) is 12.1 Å². The highest BCUT2D eigenvalue weighted by Gasteiger charge is 2.31. The lowest BCUT2D eigenvalue weighted by atomic mass is 9.96. The first kappa shape index (κ1) is 17.7. The SMILES string of the molecule is Cc1oc2ncn(C)c(=O)c2c1C(=O)N1CCCC(c2nc3ccccc3[nH]2)C1. The zero-order chi connectivity index (χ0) is 20.1. The van der Waals surface area contributed by atoms with Crippen molar-refractivity contribution in [2.45, 2.75) is 25.7 Å². The van der Waals surface area contributed by atoms with Gasteiger partial charge in [0, 0.05) is 26.1 Å². The highest BCUT2D eigenvalue weighted by molar-refractivity contribution is 6.06. The third-order valence-corrected chi connectivity index (χ3v) is 5.66. The van der Waals surface area contributed by atoms with Crippen LogP contribution in [-0.4, -0.2) is 43.4 Å². The Morgan fingerprint density at radius 3 is 2.97 bits per heavy atom. The molecule has 4 aromatic rings. The van der Waals surface area contributed by atoms with E-state index in [9.17, 15) is 9.59 Å². The van der Waals surface area contributed by atoms with Crippen LogP contribution in [0.15, 0.2) is 39.8 Å². The second kappa shape index (κ2) is 6.58. The maximum Gasteiger partial charge on any atom is 0.265 e. The van der Waals surface area contributed by atoms with Gasteiger partial charge < -0.3 is 18.9 Å². The van der Waals surface area contributed by atoms with E-state index in [1.165, 1.54) is 10.9 Å². The first-order chi connectivity index (χ1) is 14.0. The van der Waals surface area contributed by atoms with Crippen molar-refractivity contribution in [1.29, 1.82) is 0 Å². The molecule has 1 saturated heterocycles. The summed E-state index contributed by atoms with van der Waals surface area (Å²) in [6.07, 6.45) is 3.23. The third-order valence-electron chi connectivity index (χ3n) is 5.66. The summed E-state index contributed by atoms with van der Waals surface area (Å²) >= 11 is 0. The molecule has 8 heteroatoms. The highest BCUT2D eigenvalue weighted by atomic mass is 16.3. The van der Waals surface area contributed by atoms with E-state index in [-0.39, 0.29) is 28.5 Å². The average Bonchev–Trinajstić information content (AvgIpc) is 3.31. The molecule has 8 nitrogen and oxygen atoms in total. The van der Waals surface area contributed by atoms with Crippen molar-refractivity contribution >= 4 is 28.0 Å². The van der Waals surface area contributed by atoms with Crippen LogP contribution in [0.3, 0.4) is 0 Å². The Morgan fingerprint density at radius 2 is 2.14 bits per heavy atom. The number of likely N-dealkylation sites (tertiary alicyclic amines) is 1. The summed E-state index contributed by atoms with van der Waals surface area (Å²) in [6, 6.07) is 7.92. The molecule has 0 aliphatic carbocycles. The van der Waals surface area contributed by atoms with Crippen molar-refractivity contribution in [3.63, 3.8) is 0 Å². The molecular weight excluding hydrogens is 370 g/mol. The van der Waals surface area contributed by atoms with Crippen LogP contribution < -0.4 is 5.56 Å². The fourth-order valence-corrected chi connectivity index (χ4v) is 4.15. The molecule has 29 heavy (non-hydrogen) atoms. The number of aromatic nitrogens is 4. The van der Waals surface area contributed by atoms with Crippen molar-refractivity contribution in [2.75, 3.05) is 13.1 Å². The molecule has 1 amide bonds. The minimum absolute atomic E-state index is 0.125. The van der Waals surface area contributed by atoms with Gasteiger partial charge in [0.15, 0.2) is 0 Å². The molecule has 1 atom stereocenters. The number of benzene rings is 1. The molecule has 0 spiro atoms. The summed E-state index contributed by atoms with van der Waals surface area (Å²) in [5, 5.41) is 0.253. The normalized spacial score (nSPS) is 17.3. The number of para-hydroxylation sites is 2. The maximum atomic E-state index is 13.4. The number of fused-ring (bicyclic) bond motifs is 2. The fraction of sp³-hybridized carbons (Fsp3) is 0.333. The van der Waals surface area contributed by atoms with Gasteiger partial charge >= 0.3 is 0 Å². The summed E-state index contributed by atoms with van der Waals surface area (Å²) in [4.78, 5) is 40.0. The molecule has 0 bridgehead atoms. The Labute approximate surface area is 166 Å². The van der Waals surface area contributed by atoms with Gasteiger partial charge in [0.05, 0.1) is 16.6 Å². The maximum absolute atomic E-state index is 13.4. The van der Waals surface area contributed by atoms with Gasteiger partial charge in [-0.2, -0.15) is 0 Å². The van der Waals surface area contributed by atoms with Gasteiger partial charge in [-0.3, -0.25) is 9.59 Å². The van der Waals surface area contributed by atoms with Crippen molar-refractivity contribution in [3.8, 4) is 0 Å². The number of piperidine rings is 1. The Kier molecular flexibility index (Phi) is 4.01. The van der Waals surface area contributed by atoms with Gasteiger partial charge in [0.2, 0.25) is 5.71 Å². The molecule has 0 radical (unpaired) electrons. The Morgan fingerprint density at radius 1 is 1.31 bits per heavy atom. The van der Waals surface area contributed by atoms with Crippen LogP contribution in [-0.2, 0) is 7.05 Å². The van der Waals surface area contributed by atoms with Gasteiger partial charge in [-0.15, -0.1) is 0 Å². The number of H-pyrrole nitrogens is 1. The smallest absolute Gasteiger partial charge is 0.265 e. The number of nitrogens with one attached hydrogen (secondary N) is 1. The molecule has 1 fully saturated rings. The molecule has 4 heterocycles. The number of aromatic amines is 1. The van der Waals surface area contributed by atoms with Crippen molar-refractivity contribution < 1.29 is 9.21 Å². The van der Waals surface area contributed by atoms with Crippen LogP contribution in [0.5, 0.6) is 0 Å². The van der Waals surface area contributed by atoms with Crippen molar-refractivity contribution in [2.24, 2.45) is 7.05 Å². The van der Waals surface area contributed by atoms with Gasteiger partial charge in [-0.25, -0.2) is 9.97 Å². The number of carbonyl (C=O) groups excluding carboxylic acids is 1. The lowest BCUT2D eigenvalue weighted by Gasteiger charge is -2.31. The van der Waals surface area contributed by atoms with Crippen LogP contribution >= 0.6 is 0 Å². The predicted octanol–water partition coefficient (Wildman–Crippen LogP) is 2.73. The molecule has 1 unspecified atom stereocenters. The zero-order valence-electron chi connectivity index (χ0n) is 16.3. The number of rotatable bonds is 2. The molecule has 1 N–H and O–H groups in total. The van der Waals surface area contributed by atoms with Crippen LogP contribution in [0.4, 0.5) is 0 Å². The topological polar surface area (TPSA) is 97.0 Å². The van der Waals surface area contributed by atoms with E-state index in [0.717, 1.165) is 29.7 Å². The number of hydrogen-bond acceptors (Lipinski definition) is 5. The Hall–Kier alpha value is -3.42. The Balaban J connectivity index is 1.49. The molecule has 3 aromatic heterocycles. The minimum Gasteiger partial charge on any atom is -0.442 e. The molecule has 0 saturated carbocycles. The Bertz CT molecular complexity index is 1270. The molecule has 148 valence electrons. The standard InChI is InChI=1S/C21H21N5O3/c1-12-16(17-19(29-12)22-11-25(2)20(17)27)21(28)26-9-5-6-13(10-26)18-23-14-7-3-4-8-15(14)24-18/h3-4,7-8,11,13H,5-6,9-10H2,1-2H3,(H,23,24). The number of hydrogen-bond donors (Lipinski definition) is 1. The van der Waals surface area contributed by atoms with Crippen LogP contribution in [0.1, 0.15) is 40.7 Å². The summed E-state index contributed by atoms with van der Waals surface area (Å²) in [5.74, 6) is 1.26. The van der Waals surface area contributed by atoms with Crippen molar-refractivity contribution in [1.82, 2.24) is 24.4 Å². The van der Waals surface area contributed by atoms with E-state index in [1.54, 1.807) is 18.9 Å². The van der Waals surface area contributed by atoms with Crippen LogP contribution in [0.2, 0.25) is 0 Å². The van der Waals surface area contributed by atoms with Gasteiger partial charge in [0.1, 0.15) is 23.3 Å². The van der Waals surface area contributed by atoms with E-state index in [1.807, 2.05) is 24.3 Å².